The monoisotopic (exact) mass is 470 g/mol. The van der Waals surface area contributed by atoms with Gasteiger partial charge in [0.05, 0.1) is 7.11 Å². The molecule has 0 unspecified atom stereocenters. The molecule has 1 amide bonds. The molecule has 0 aliphatic heterocycles. The highest BCUT2D eigenvalue weighted by Crippen LogP contribution is 2.30. The topological polar surface area (TPSA) is 97.8 Å². The van der Waals surface area contributed by atoms with E-state index in [1.54, 1.807) is 6.92 Å². The van der Waals surface area contributed by atoms with Crippen molar-refractivity contribution in [1.82, 2.24) is 10.3 Å². The standard InChI is InChI=1S/C28H26N2O5/c1-17(30-27(32)25-26(31)24(34-3)15-16-29-25)28(33)35-18(2)19-11-13-21(14-12-19)23-10-6-8-20-7-4-5-9-22(20)23/h4-18,31H,1-3H3,(H,30,32)/t17-,18-/m0/s1. The molecule has 4 aromatic rings. The van der Waals surface area contributed by atoms with Crippen molar-refractivity contribution in [2.24, 2.45) is 0 Å². The zero-order valence-corrected chi connectivity index (χ0v) is 19.7. The van der Waals surface area contributed by atoms with E-state index in [4.69, 9.17) is 9.47 Å². The Morgan fingerprint density at radius 2 is 1.66 bits per heavy atom. The van der Waals surface area contributed by atoms with Crippen molar-refractivity contribution < 1.29 is 24.2 Å². The van der Waals surface area contributed by atoms with Crippen LogP contribution in [0.25, 0.3) is 21.9 Å². The first kappa shape index (κ1) is 23.8. The molecular weight excluding hydrogens is 444 g/mol. The van der Waals surface area contributed by atoms with E-state index in [1.165, 1.54) is 37.1 Å². The number of nitrogens with one attached hydrogen (secondary N) is 1. The fourth-order valence-corrected chi connectivity index (χ4v) is 3.85. The van der Waals surface area contributed by atoms with Crippen molar-refractivity contribution in [2.45, 2.75) is 26.0 Å². The van der Waals surface area contributed by atoms with Crippen molar-refractivity contribution in [3.63, 3.8) is 0 Å². The third-order valence-electron chi connectivity index (χ3n) is 5.80. The summed E-state index contributed by atoms with van der Waals surface area (Å²) in [6.45, 7) is 3.28. The molecule has 2 atom stereocenters. The molecule has 4 rings (SSSR count). The molecule has 178 valence electrons. The van der Waals surface area contributed by atoms with E-state index in [0.29, 0.717) is 0 Å². The van der Waals surface area contributed by atoms with Crippen LogP contribution in [0.1, 0.15) is 36.0 Å². The van der Waals surface area contributed by atoms with E-state index < -0.39 is 29.8 Å². The van der Waals surface area contributed by atoms with Crippen LogP contribution in [-0.4, -0.2) is 35.1 Å². The number of nitrogens with zero attached hydrogens (tertiary/aromatic N) is 1. The number of benzene rings is 3. The second-order valence-corrected chi connectivity index (χ2v) is 8.13. The largest absolute Gasteiger partial charge is 0.503 e. The Morgan fingerprint density at radius 3 is 2.40 bits per heavy atom. The number of carbonyl (C=O) groups is 2. The first-order valence-electron chi connectivity index (χ1n) is 11.2. The second-order valence-electron chi connectivity index (χ2n) is 8.13. The minimum Gasteiger partial charge on any atom is -0.503 e. The predicted molar refractivity (Wildman–Crippen MR) is 133 cm³/mol. The number of methoxy groups -OCH3 is 1. The molecule has 0 fully saturated rings. The fraction of sp³-hybridized carbons (Fsp3) is 0.179. The summed E-state index contributed by atoms with van der Waals surface area (Å²) in [5, 5.41) is 14.9. The number of aromatic hydroxyl groups is 1. The first-order chi connectivity index (χ1) is 16.9. The Kier molecular flexibility index (Phi) is 6.96. The Labute approximate surface area is 203 Å². The van der Waals surface area contributed by atoms with Crippen LogP contribution in [-0.2, 0) is 9.53 Å². The lowest BCUT2D eigenvalue weighted by atomic mass is 9.97. The van der Waals surface area contributed by atoms with Gasteiger partial charge in [-0.1, -0.05) is 66.7 Å². The smallest absolute Gasteiger partial charge is 0.328 e. The molecule has 0 radical (unpaired) electrons. The Hall–Kier alpha value is -4.39. The van der Waals surface area contributed by atoms with Gasteiger partial charge in [0.2, 0.25) is 0 Å². The van der Waals surface area contributed by atoms with Crippen LogP contribution in [0.3, 0.4) is 0 Å². The fourth-order valence-electron chi connectivity index (χ4n) is 3.85. The van der Waals surface area contributed by atoms with Gasteiger partial charge in [-0.3, -0.25) is 4.79 Å². The molecule has 1 heterocycles. The van der Waals surface area contributed by atoms with E-state index in [0.717, 1.165) is 16.7 Å². The minimum absolute atomic E-state index is 0.112. The summed E-state index contributed by atoms with van der Waals surface area (Å²) in [6.07, 6.45) is 0.812. The van der Waals surface area contributed by atoms with Gasteiger partial charge in [0, 0.05) is 12.3 Å². The zero-order chi connectivity index (χ0) is 24.9. The number of aromatic nitrogens is 1. The number of fused-ring (bicyclic) bond motifs is 1. The highest BCUT2D eigenvalue weighted by Gasteiger charge is 2.24. The Balaban J connectivity index is 1.41. The summed E-state index contributed by atoms with van der Waals surface area (Å²) in [6, 6.07) is 22.8. The summed E-state index contributed by atoms with van der Waals surface area (Å²) in [5.41, 5.74) is 2.79. The molecule has 1 aromatic heterocycles. The van der Waals surface area contributed by atoms with Crippen LogP contribution < -0.4 is 10.1 Å². The van der Waals surface area contributed by atoms with Crippen molar-refractivity contribution in [3.05, 3.63) is 90.3 Å². The van der Waals surface area contributed by atoms with Crippen LogP contribution in [0, 0.1) is 0 Å². The number of ether oxygens (including phenoxy) is 2. The molecule has 0 saturated carbocycles. The number of hydrogen-bond acceptors (Lipinski definition) is 6. The Bertz CT molecular complexity index is 1360. The van der Waals surface area contributed by atoms with Gasteiger partial charge in [-0.25, -0.2) is 9.78 Å². The summed E-state index contributed by atoms with van der Waals surface area (Å²) < 4.78 is 10.6. The van der Waals surface area contributed by atoms with Gasteiger partial charge < -0.3 is 19.9 Å². The van der Waals surface area contributed by atoms with Gasteiger partial charge in [-0.05, 0) is 41.3 Å². The first-order valence-corrected chi connectivity index (χ1v) is 11.2. The SMILES string of the molecule is COc1ccnc(C(=O)N[C@@H](C)C(=O)O[C@@H](C)c2ccc(-c3cccc4ccccc34)cc2)c1O. The number of hydrogen-bond donors (Lipinski definition) is 2. The van der Waals surface area contributed by atoms with Gasteiger partial charge in [-0.2, -0.15) is 0 Å². The molecule has 7 nitrogen and oxygen atoms in total. The van der Waals surface area contributed by atoms with E-state index in [2.05, 4.69) is 34.6 Å². The van der Waals surface area contributed by atoms with Crippen LogP contribution in [0.15, 0.2) is 79.0 Å². The molecule has 0 aliphatic carbocycles. The lowest BCUT2D eigenvalue weighted by Gasteiger charge is -2.18. The Morgan fingerprint density at radius 1 is 0.943 bits per heavy atom. The predicted octanol–water partition coefficient (Wildman–Crippen LogP) is 5.04. The van der Waals surface area contributed by atoms with Crippen LogP contribution in [0.2, 0.25) is 0 Å². The molecule has 2 N–H and O–H groups in total. The third kappa shape index (κ3) is 5.09. The minimum atomic E-state index is -0.952. The van der Waals surface area contributed by atoms with Gasteiger partial charge in [0.25, 0.3) is 5.91 Å². The van der Waals surface area contributed by atoms with Gasteiger partial charge >= 0.3 is 5.97 Å². The maximum absolute atomic E-state index is 12.6. The molecular formula is C28H26N2O5. The van der Waals surface area contributed by atoms with Gasteiger partial charge in [-0.15, -0.1) is 0 Å². The van der Waals surface area contributed by atoms with Crippen LogP contribution in [0.5, 0.6) is 11.5 Å². The van der Waals surface area contributed by atoms with Crippen molar-refractivity contribution >= 4 is 22.6 Å². The summed E-state index contributed by atoms with van der Waals surface area (Å²) in [4.78, 5) is 28.9. The van der Waals surface area contributed by atoms with Crippen molar-refractivity contribution in [2.75, 3.05) is 7.11 Å². The van der Waals surface area contributed by atoms with E-state index in [1.807, 2.05) is 42.5 Å². The summed E-state index contributed by atoms with van der Waals surface area (Å²) >= 11 is 0. The highest BCUT2D eigenvalue weighted by atomic mass is 16.5. The number of pyridine rings is 1. The van der Waals surface area contributed by atoms with Crippen LogP contribution >= 0.6 is 0 Å². The zero-order valence-electron chi connectivity index (χ0n) is 19.7. The third-order valence-corrected chi connectivity index (χ3v) is 5.80. The number of carbonyl (C=O) groups excluding carboxylic acids is 2. The molecule has 7 heteroatoms. The summed E-state index contributed by atoms with van der Waals surface area (Å²) in [5.74, 6) is -1.60. The van der Waals surface area contributed by atoms with Crippen LogP contribution in [0.4, 0.5) is 0 Å². The quantitative estimate of drug-likeness (QED) is 0.367. The maximum Gasteiger partial charge on any atom is 0.328 e. The van der Waals surface area contributed by atoms with Crippen molar-refractivity contribution in [1.29, 1.82) is 0 Å². The number of esters is 1. The molecule has 0 aliphatic rings. The number of rotatable bonds is 7. The van der Waals surface area contributed by atoms with E-state index in [9.17, 15) is 14.7 Å². The molecule has 3 aromatic carbocycles. The lowest BCUT2D eigenvalue weighted by Crippen LogP contribution is -2.40. The maximum atomic E-state index is 12.6. The van der Waals surface area contributed by atoms with E-state index >= 15 is 0 Å². The summed E-state index contributed by atoms with van der Waals surface area (Å²) in [7, 11) is 1.37. The van der Waals surface area contributed by atoms with Gasteiger partial charge in [0.1, 0.15) is 12.1 Å². The second kappa shape index (κ2) is 10.3. The van der Waals surface area contributed by atoms with E-state index in [-0.39, 0.29) is 11.4 Å². The van der Waals surface area contributed by atoms with Gasteiger partial charge in [0.15, 0.2) is 17.2 Å². The number of amides is 1. The molecule has 0 spiro atoms. The average Bonchev–Trinajstić information content (AvgIpc) is 2.88. The molecule has 35 heavy (non-hydrogen) atoms. The normalized spacial score (nSPS) is 12.5. The van der Waals surface area contributed by atoms with Crippen molar-refractivity contribution in [3.8, 4) is 22.6 Å². The average molecular weight is 471 g/mol. The molecule has 0 bridgehead atoms. The highest BCUT2D eigenvalue weighted by molar-refractivity contribution is 5.98. The lowest BCUT2D eigenvalue weighted by molar-refractivity contribution is -0.150. The molecule has 0 saturated heterocycles.